The zero-order valence-electron chi connectivity index (χ0n) is 3.23. The summed E-state index contributed by atoms with van der Waals surface area (Å²) in [7, 11) is 0. The molecule has 0 aliphatic rings. The SMILES string of the molecule is O=[As][O-].O=[As][O-].[Sr+2]. The molecule has 0 aromatic rings. The molecule has 0 heterocycles. The van der Waals surface area contributed by atoms with Crippen molar-refractivity contribution in [3.05, 3.63) is 0 Å². The van der Waals surface area contributed by atoms with Gasteiger partial charge in [-0.3, -0.25) is 0 Å². The standard InChI is InChI=1S/2AsHO2.Sr/c2*2-1-3;/h2*(H,2,3);/q;;+2/p-2. The van der Waals surface area contributed by atoms with Crippen molar-refractivity contribution in [1.82, 2.24) is 0 Å². The second-order valence-electron chi connectivity index (χ2n) is 0.149. The van der Waals surface area contributed by atoms with Crippen molar-refractivity contribution >= 4 is 77.5 Å². The summed E-state index contributed by atoms with van der Waals surface area (Å²) in [6.45, 7) is 0. The van der Waals surface area contributed by atoms with Gasteiger partial charge in [0.25, 0.3) is 0 Å². The van der Waals surface area contributed by atoms with E-state index in [1.54, 1.807) is 0 Å². The van der Waals surface area contributed by atoms with E-state index in [4.69, 9.17) is 15.7 Å². The molecule has 0 fully saturated rings. The smallest absolute Gasteiger partial charge is 2.00 e. The van der Waals surface area contributed by atoms with E-state index in [2.05, 4.69) is 0 Å². The predicted molar refractivity (Wildman–Crippen MR) is 18.6 cm³/mol. The largest absolute Gasteiger partial charge is 2.00 e. The van der Waals surface area contributed by atoms with Crippen molar-refractivity contribution in [3.63, 3.8) is 0 Å². The van der Waals surface area contributed by atoms with Crippen LogP contribution in [0.2, 0.25) is 0 Å². The fourth-order valence-electron chi connectivity index (χ4n) is 0. The van der Waals surface area contributed by atoms with Gasteiger partial charge in [-0.2, -0.15) is 0 Å². The van der Waals surface area contributed by atoms with Gasteiger partial charge in [0.1, 0.15) is 0 Å². The Hall–Kier alpha value is 2.12. The van der Waals surface area contributed by atoms with Crippen molar-refractivity contribution in [2.75, 3.05) is 0 Å². The van der Waals surface area contributed by atoms with E-state index in [-0.39, 0.29) is 45.5 Å². The van der Waals surface area contributed by atoms with Crippen LogP contribution >= 0.6 is 0 Å². The summed E-state index contributed by atoms with van der Waals surface area (Å²) >= 11 is -3.62. The van der Waals surface area contributed by atoms with E-state index in [1.165, 1.54) is 0 Å². The Morgan fingerprint density at radius 2 is 1.00 bits per heavy atom. The molecule has 0 rings (SSSR count). The maximum Gasteiger partial charge on any atom is 2.00 e. The first kappa shape index (κ1) is 16.1. The van der Waals surface area contributed by atoms with Crippen molar-refractivity contribution in [2.45, 2.75) is 0 Å². The molecule has 7 heavy (non-hydrogen) atoms. The van der Waals surface area contributed by atoms with Crippen LogP contribution in [0, 0.1) is 0 Å². The van der Waals surface area contributed by atoms with Crippen LogP contribution in [0.25, 0.3) is 0 Å². The topological polar surface area (TPSA) is 80.3 Å². The minimum Gasteiger partial charge on any atom is 2.00 e. The van der Waals surface area contributed by atoms with Crippen LogP contribution in [-0.4, -0.2) is 77.5 Å². The molecule has 7 heteroatoms. The normalized spacial score (nSPS) is 6.00. The van der Waals surface area contributed by atoms with Crippen LogP contribution in [0.3, 0.4) is 0 Å². The number of hydrogen-bond donors (Lipinski definition) is 0. The van der Waals surface area contributed by atoms with E-state index >= 15 is 0 Å². The molecule has 0 aromatic heterocycles. The maximum absolute atomic E-state index is 8.47. The first-order valence-electron chi connectivity index (χ1n) is 0.730. The van der Waals surface area contributed by atoms with Crippen LogP contribution in [0.1, 0.15) is 0 Å². The van der Waals surface area contributed by atoms with E-state index in [1.807, 2.05) is 0 Å². The molecule has 0 atom stereocenters. The second kappa shape index (κ2) is 24.3. The number of hydrogen-bond acceptors (Lipinski definition) is 4. The maximum atomic E-state index is 8.47. The van der Waals surface area contributed by atoms with Crippen LogP contribution < -0.4 is 8.19 Å². The molecule has 36 valence electrons. The molecule has 0 saturated heterocycles. The van der Waals surface area contributed by atoms with Crippen molar-refractivity contribution in [3.8, 4) is 0 Å². The van der Waals surface area contributed by atoms with Crippen molar-refractivity contribution in [2.24, 2.45) is 0 Å². The number of rotatable bonds is 0. The minimum absolute atomic E-state index is 0. The molecule has 0 amide bonds. The van der Waals surface area contributed by atoms with Crippen LogP contribution in [-0.2, 0) is 7.48 Å². The molecule has 0 bridgehead atoms. The first-order valence-corrected chi connectivity index (χ1v) is 3.79. The summed E-state index contributed by atoms with van der Waals surface area (Å²) < 4.78 is 33.9. The Morgan fingerprint density at radius 3 is 1.00 bits per heavy atom. The van der Waals surface area contributed by atoms with Crippen LogP contribution in [0.15, 0.2) is 0 Å². The Bertz CT molecular complexity index is 30.7. The predicted octanol–water partition coefficient (Wildman–Crippen LogP) is -3.76. The van der Waals surface area contributed by atoms with Gasteiger partial charge in [0.05, 0.1) is 0 Å². The molecule has 4 nitrogen and oxygen atoms in total. The monoisotopic (exact) mass is 302 g/mol. The zero-order valence-corrected chi connectivity index (χ0v) is 10.5. The van der Waals surface area contributed by atoms with E-state index in [0.717, 1.165) is 0 Å². The Kier molecular flexibility index (Phi) is 55.6. The average molecular weight is 301 g/mol. The third-order valence-corrected chi connectivity index (χ3v) is 0. The van der Waals surface area contributed by atoms with Gasteiger partial charge in [-0.15, -0.1) is 0 Å². The molecule has 0 aliphatic heterocycles. The van der Waals surface area contributed by atoms with Crippen LogP contribution in [0.5, 0.6) is 0 Å². The summed E-state index contributed by atoms with van der Waals surface area (Å²) in [5.74, 6) is 0. The summed E-state index contributed by atoms with van der Waals surface area (Å²) in [6.07, 6.45) is 0. The van der Waals surface area contributed by atoms with Gasteiger partial charge >= 0.3 is 93.2 Å². The summed E-state index contributed by atoms with van der Waals surface area (Å²) in [4.78, 5) is 0. The summed E-state index contributed by atoms with van der Waals surface area (Å²) in [6, 6.07) is 0. The molecule has 0 N–H and O–H groups in total. The van der Waals surface area contributed by atoms with Crippen LogP contribution in [0.4, 0.5) is 0 Å². The van der Waals surface area contributed by atoms with Gasteiger partial charge < -0.3 is 0 Å². The zero-order chi connectivity index (χ0) is 5.41. The second-order valence-corrected chi connectivity index (χ2v) is 0.775. The molecule has 0 unspecified atom stereocenters. The Morgan fingerprint density at radius 1 is 1.00 bits per heavy atom. The Labute approximate surface area is 91.5 Å². The fraction of sp³-hybridized carbons (Fsp3) is 0. The molecule has 0 saturated carbocycles. The van der Waals surface area contributed by atoms with E-state index in [9.17, 15) is 0 Å². The third kappa shape index (κ3) is 67.8. The summed E-state index contributed by atoms with van der Waals surface area (Å²) in [5.41, 5.74) is 0. The summed E-state index contributed by atoms with van der Waals surface area (Å²) in [5, 5.41) is 0. The molecular weight excluding hydrogens is 301 g/mol. The van der Waals surface area contributed by atoms with Gasteiger partial charge in [-0.25, -0.2) is 0 Å². The van der Waals surface area contributed by atoms with Gasteiger partial charge in [0, 0.05) is 0 Å². The van der Waals surface area contributed by atoms with Gasteiger partial charge in [-0.1, -0.05) is 0 Å². The molecule has 0 radical (unpaired) electrons. The van der Waals surface area contributed by atoms with Gasteiger partial charge in [0.15, 0.2) is 0 Å². The quantitative estimate of drug-likeness (QED) is 0.430. The van der Waals surface area contributed by atoms with E-state index in [0.29, 0.717) is 0 Å². The molecule has 0 aromatic carbocycles. The fourth-order valence-corrected chi connectivity index (χ4v) is 0. The molecule has 0 aliphatic carbocycles. The van der Waals surface area contributed by atoms with Gasteiger partial charge in [0.2, 0.25) is 0 Å². The van der Waals surface area contributed by atoms with Crippen molar-refractivity contribution < 1.29 is 15.7 Å². The first-order chi connectivity index (χ1) is 2.83. The average Bonchev–Trinajstić information content (AvgIpc) is 1.39. The molecular formula is As2O4Sr. The van der Waals surface area contributed by atoms with E-state index < -0.39 is 32.1 Å². The molecule has 0 spiro atoms. The van der Waals surface area contributed by atoms with Gasteiger partial charge in [-0.05, 0) is 0 Å². The Balaban J connectivity index is -0.0000000400. The third-order valence-electron chi connectivity index (χ3n) is 0. The van der Waals surface area contributed by atoms with Crippen molar-refractivity contribution in [1.29, 1.82) is 0 Å². The minimum atomic E-state index is -1.81.